The molecule has 1 aromatic heterocycles. The van der Waals surface area contributed by atoms with Gasteiger partial charge in [0.2, 0.25) is 0 Å². The first kappa shape index (κ1) is 22.5. The molecule has 1 heterocycles. The largest absolute Gasteiger partial charge is 0.484 e. The van der Waals surface area contributed by atoms with Gasteiger partial charge in [-0.25, -0.2) is 13.8 Å². The van der Waals surface area contributed by atoms with Crippen molar-refractivity contribution in [1.29, 1.82) is 0 Å². The van der Waals surface area contributed by atoms with E-state index in [2.05, 4.69) is 27.2 Å². The summed E-state index contributed by atoms with van der Waals surface area (Å²) in [6.45, 7) is 3.56. The molecule has 0 aliphatic rings. The summed E-state index contributed by atoms with van der Waals surface area (Å²) in [4.78, 5) is 30.8. The third-order valence-corrected chi connectivity index (χ3v) is 4.16. The van der Waals surface area contributed by atoms with E-state index in [0.717, 1.165) is 12.4 Å². The molecule has 2 aromatic rings. The minimum Gasteiger partial charge on any atom is -0.484 e. The average Bonchev–Trinajstić information content (AvgIpc) is 2.68. The van der Waals surface area contributed by atoms with Crippen LogP contribution >= 0.6 is 23.2 Å². The molecular weight excluding hydrogens is 429 g/mol. The molecule has 0 bridgehead atoms. The monoisotopic (exact) mass is 444 g/mol. The van der Waals surface area contributed by atoms with Crippen LogP contribution in [-0.2, 0) is 4.79 Å². The molecule has 154 valence electrons. The summed E-state index contributed by atoms with van der Waals surface area (Å²) in [5, 5.41) is 5.73. The standard InChI is InChI=1S/C18H16Cl2F2N4O3/c1-10(26-16(27)9-29-11-2-3-12(19)13(20)6-11)4-5-23-18(28)15-8-24-14(7-25-15)17(21)22/h2-3,6-8,17H,1,4-5,9H2,(H,23,28)(H,26,27). The number of ether oxygens (including phenoxy) is 1. The van der Waals surface area contributed by atoms with Crippen LogP contribution in [0.2, 0.25) is 10.0 Å². The van der Waals surface area contributed by atoms with Crippen LogP contribution in [0, 0.1) is 0 Å². The van der Waals surface area contributed by atoms with Gasteiger partial charge < -0.3 is 15.4 Å². The van der Waals surface area contributed by atoms with E-state index in [9.17, 15) is 18.4 Å². The van der Waals surface area contributed by atoms with Crippen LogP contribution in [0.4, 0.5) is 8.78 Å². The van der Waals surface area contributed by atoms with E-state index < -0.39 is 23.9 Å². The Kier molecular flexibility index (Phi) is 8.29. The Morgan fingerprint density at radius 2 is 1.93 bits per heavy atom. The zero-order chi connectivity index (χ0) is 21.4. The summed E-state index contributed by atoms with van der Waals surface area (Å²) in [5.74, 6) is -0.646. The quantitative estimate of drug-likeness (QED) is 0.616. The van der Waals surface area contributed by atoms with Crippen molar-refractivity contribution in [3.63, 3.8) is 0 Å². The molecule has 1 aromatic carbocycles. The summed E-state index contributed by atoms with van der Waals surface area (Å²) in [6.07, 6.45) is -0.708. The van der Waals surface area contributed by atoms with Crippen LogP contribution in [-0.4, -0.2) is 34.9 Å². The first-order chi connectivity index (χ1) is 13.8. The number of amides is 2. The van der Waals surface area contributed by atoms with Gasteiger partial charge >= 0.3 is 0 Å². The van der Waals surface area contributed by atoms with Gasteiger partial charge in [-0.3, -0.25) is 14.6 Å². The van der Waals surface area contributed by atoms with E-state index in [1.807, 2.05) is 0 Å². The highest BCUT2D eigenvalue weighted by molar-refractivity contribution is 6.42. The third-order valence-electron chi connectivity index (χ3n) is 3.42. The van der Waals surface area contributed by atoms with Crippen molar-refractivity contribution >= 4 is 35.0 Å². The third kappa shape index (κ3) is 7.28. The van der Waals surface area contributed by atoms with Crippen LogP contribution in [0.3, 0.4) is 0 Å². The molecule has 11 heteroatoms. The molecule has 0 unspecified atom stereocenters. The number of hydrogen-bond acceptors (Lipinski definition) is 5. The second-order valence-corrected chi connectivity index (χ2v) is 6.46. The highest BCUT2D eigenvalue weighted by Crippen LogP contribution is 2.26. The highest BCUT2D eigenvalue weighted by Gasteiger charge is 2.12. The van der Waals surface area contributed by atoms with Crippen molar-refractivity contribution in [2.75, 3.05) is 13.2 Å². The normalized spacial score (nSPS) is 10.5. The fourth-order valence-electron chi connectivity index (χ4n) is 2.00. The molecule has 2 rings (SSSR count). The number of rotatable bonds is 9. The molecule has 0 spiro atoms. The number of nitrogens with zero attached hydrogens (tertiary/aromatic N) is 2. The van der Waals surface area contributed by atoms with Gasteiger partial charge in [-0.05, 0) is 12.1 Å². The van der Waals surface area contributed by atoms with E-state index in [0.29, 0.717) is 21.5 Å². The number of alkyl halides is 2. The Hall–Kier alpha value is -2.78. The van der Waals surface area contributed by atoms with E-state index >= 15 is 0 Å². The predicted octanol–water partition coefficient (Wildman–Crippen LogP) is 3.55. The van der Waals surface area contributed by atoms with Crippen molar-refractivity contribution in [2.24, 2.45) is 0 Å². The van der Waals surface area contributed by atoms with E-state index in [4.69, 9.17) is 27.9 Å². The zero-order valence-electron chi connectivity index (χ0n) is 14.9. The van der Waals surface area contributed by atoms with Crippen molar-refractivity contribution in [1.82, 2.24) is 20.6 Å². The summed E-state index contributed by atoms with van der Waals surface area (Å²) < 4.78 is 30.1. The SMILES string of the molecule is C=C(CCNC(=O)c1cnc(C(F)F)cn1)NC(=O)COc1ccc(Cl)c(Cl)c1. The molecule has 2 amide bonds. The Labute approximate surface area is 175 Å². The number of carbonyl (C=O) groups is 2. The molecule has 0 radical (unpaired) electrons. The maximum absolute atomic E-state index is 12.4. The molecular formula is C18H16Cl2F2N4O3. The smallest absolute Gasteiger partial charge is 0.281 e. The van der Waals surface area contributed by atoms with Crippen molar-refractivity contribution in [2.45, 2.75) is 12.8 Å². The Morgan fingerprint density at radius 1 is 1.17 bits per heavy atom. The first-order valence-electron chi connectivity index (χ1n) is 8.20. The van der Waals surface area contributed by atoms with Crippen molar-refractivity contribution in [3.05, 3.63) is 64.3 Å². The van der Waals surface area contributed by atoms with E-state index in [1.54, 1.807) is 12.1 Å². The van der Waals surface area contributed by atoms with E-state index in [1.165, 1.54) is 6.07 Å². The Bertz CT molecular complexity index is 895. The predicted molar refractivity (Wildman–Crippen MR) is 103 cm³/mol. The lowest BCUT2D eigenvalue weighted by molar-refractivity contribution is -0.122. The maximum Gasteiger partial charge on any atom is 0.281 e. The summed E-state index contributed by atoms with van der Waals surface area (Å²) in [6, 6.07) is 4.60. The van der Waals surface area contributed by atoms with Crippen LogP contribution < -0.4 is 15.4 Å². The Balaban J connectivity index is 1.69. The van der Waals surface area contributed by atoms with E-state index in [-0.39, 0.29) is 25.3 Å². The van der Waals surface area contributed by atoms with Gasteiger partial charge in [0.15, 0.2) is 6.61 Å². The van der Waals surface area contributed by atoms with Gasteiger partial charge in [-0.1, -0.05) is 29.8 Å². The van der Waals surface area contributed by atoms with Gasteiger partial charge in [0.05, 0.1) is 22.4 Å². The number of aromatic nitrogens is 2. The molecule has 0 atom stereocenters. The second kappa shape index (κ2) is 10.7. The minimum absolute atomic E-state index is 0.0981. The Morgan fingerprint density at radius 3 is 2.55 bits per heavy atom. The van der Waals surface area contributed by atoms with Crippen LogP contribution in [0.5, 0.6) is 5.75 Å². The fraction of sp³-hybridized carbons (Fsp3) is 0.222. The highest BCUT2D eigenvalue weighted by atomic mass is 35.5. The zero-order valence-corrected chi connectivity index (χ0v) is 16.4. The second-order valence-electron chi connectivity index (χ2n) is 5.65. The molecule has 7 nitrogen and oxygen atoms in total. The van der Waals surface area contributed by atoms with Crippen LogP contribution in [0.25, 0.3) is 0 Å². The van der Waals surface area contributed by atoms with Crippen LogP contribution in [0.1, 0.15) is 29.0 Å². The average molecular weight is 445 g/mol. The summed E-state index contributed by atoms with van der Waals surface area (Å²) in [7, 11) is 0. The topological polar surface area (TPSA) is 93.2 Å². The lowest BCUT2D eigenvalue weighted by Gasteiger charge is -2.11. The molecule has 0 saturated heterocycles. The summed E-state index contributed by atoms with van der Waals surface area (Å²) in [5.41, 5.74) is -0.257. The van der Waals surface area contributed by atoms with Crippen molar-refractivity contribution in [3.8, 4) is 5.75 Å². The number of benzene rings is 1. The molecule has 0 aliphatic carbocycles. The van der Waals surface area contributed by atoms with Crippen molar-refractivity contribution < 1.29 is 23.1 Å². The van der Waals surface area contributed by atoms with Gasteiger partial charge in [0.1, 0.15) is 17.1 Å². The minimum atomic E-state index is -2.76. The number of halogens is 4. The molecule has 29 heavy (non-hydrogen) atoms. The number of nitrogens with one attached hydrogen (secondary N) is 2. The van der Waals surface area contributed by atoms with Crippen LogP contribution in [0.15, 0.2) is 42.9 Å². The molecule has 0 aliphatic heterocycles. The lowest BCUT2D eigenvalue weighted by Crippen LogP contribution is -2.31. The number of hydrogen-bond donors (Lipinski definition) is 2. The summed E-state index contributed by atoms with van der Waals surface area (Å²) >= 11 is 11.7. The first-order valence-corrected chi connectivity index (χ1v) is 8.95. The van der Waals surface area contributed by atoms with Gasteiger partial charge in [0, 0.05) is 24.7 Å². The molecule has 0 fully saturated rings. The maximum atomic E-state index is 12.4. The van der Waals surface area contributed by atoms with Gasteiger partial charge in [-0.15, -0.1) is 0 Å². The van der Waals surface area contributed by atoms with Gasteiger partial charge in [-0.2, -0.15) is 0 Å². The fourth-order valence-corrected chi connectivity index (χ4v) is 2.28. The lowest BCUT2D eigenvalue weighted by atomic mass is 10.3. The number of carbonyl (C=O) groups excluding carboxylic acids is 2. The van der Waals surface area contributed by atoms with Gasteiger partial charge in [0.25, 0.3) is 18.2 Å². The molecule has 0 saturated carbocycles. The molecule has 2 N–H and O–H groups in total.